The highest BCUT2D eigenvalue weighted by Gasteiger charge is 2.28. The molecule has 354 valence electrons. The third-order valence-corrected chi connectivity index (χ3v) is 13.4. The molecule has 0 aromatic heterocycles. The summed E-state index contributed by atoms with van der Waals surface area (Å²) < 4.78 is 32.8. The van der Waals surface area contributed by atoms with Gasteiger partial charge in [0.2, 0.25) is 5.91 Å². The lowest BCUT2D eigenvalue weighted by Gasteiger charge is -2.24. The SMILES string of the molecule is CCCCCCCCCCCCCCCCCCCCCCCCC(O)C(=O)NC(CS(=O)(=O)O)C(O)CCCCCCCCCCCCCCCCCCCCCC. The van der Waals surface area contributed by atoms with Gasteiger partial charge >= 0.3 is 0 Å². The average molecular weight is 858 g/mol. The topological polar surface area (TPSA) is 124 Å². The minimum absolute atomic E-state index is 0.305. The van der Waals surface area contributed by atoms with Crippen LogP contribution in [0.25, 0.3) is 0 Å². The molecular weight excluding hydrogens is 755 g/mol. The second-order valence-electron chi connectivity index (χ2n) is 18.7. The third kappa shape index (κ3) is 45.1. The van der Waals surface area contributed by atoms with Gasteiger partial charge in [0, 0.05) is 0 Å². The predicted molar refractivity (Wildman–Crippen MR) is 255 cm³/mol. The molecule has 0 aliphatic heterocycles. The molecule has 0 aromatic carbocycles. The molecule has 4 N–H and O–H groups in total. The highest BCUT2D eigenvalue weighted by Crippen LogP contribution is 2.18. The van der Waals surface area contributed by atoms with E-state index >= 15 is 0 Å². The first-order valence-electron chi connectivity index (χ1n) is 26.3. The summed E-state index contributed by atoms with van der Waals surface area (Å²) in [5, 5.41) is 23.7. The monoisotopic (exact) mass is 858 g/mol. The number of unbranched alkanes of at least 4 members (excludes halogenated alkanes) is 40. The van der Waals surface area contributed by atoms with Gasteiger partial charge in [-0.05, 0) is 12.8 Å². The Morgan fingerprint density at radius 1 is 0.390 bits per heavy atom. The van der Waals surface area contributed by atoms with E-state index in [2.05, 4.69) is 19.2 Å². The van der Waals surface area contributed by atoms with Gasteiger partial charge in [-0.15, -0.1) is 0 Å². The fourth-order valence-corrected chi connectivity index (χ4v) is 9.40. The van der Waals surface area contributed by atoms with Crippen molar-refractivity contribution in [2.75, 3.05) is 5.75 Å². The lowest BCUT2D eigenvalue weighted by molar-refractivity contribution is -0.131. The lowest BCUT2D eigenvalue weighted by atomic mass is 10.0. The lowest BCUT2D eigenvalue weighted by Crippen LogP contribution is -2.50. The Labute approximate surface area is 368 Å². The summed E-state index contributed by atoms with van der Waals surface area (Å²) in [5.41, 5.74) is 0. The Kier molecular flexibility index (Phi) is 44.8. The number of aliphatic hydroxyl groups excluding tert-OH is 2. The van der Waals surface area contributed by atoms with Crippen LogP contribution < -0.4 is 5.32 Å². The van der Waals surface area contributed by atoms with Crippen molar-refractivity contribution in [1.82, 2.24) is 5.32 Å². The van der Waals surface area contributed by atoms with Gasteiger partial charge in [-0.3, -0.25) is 9.35 Å². The number of nitrogens with one attached hydrogen (secondary N) is 1. The quantitative estimate of drug-likeness (QED) is 0.0357. The van der Waals surface area contributed by atoms with Crippen molar-refractivity contribution in [1.29, 1.82) is 0 Å². The number of aliphatic hydroxyl groups is 2. The number of hydrogen-bond acceptors (Lipinski definition) is 5. The van der Waals surface area contributed by atoms with Crippen molar-refractivity contribution >= 4 is 16.0 Å². The molecule has 0 rings (SSSR count). The van der Waals surface area contributed by atoms with Gasteiger partial charge in [-0.1, -0.05) is 284 Å². The van der Waals surface area contributed by atoms with Crippen LogP contribution in [-0.2, 0) is 14.9 Å². The van der Waals surface area contributed by atoms with Crippen LogP contribution in [0.15, 0.2) is 0 Å². The second-order valence-corrected chi connectivity index (χ2v) is 20.2. The highest BCUT2D eigenvalue weighted by atomic mass is 32.2. The van der Waals surface area contributed by atoms with Crippen LogP contribution in [-0.4, -0.2) is 53.1 Å². The molecule has 0 fully saturated rings. The number of amides is 1. The molecule has 0 radical (unpaired) electrons. The minimum atomic E-state index is -4.41. The smallest absolute Gasteiger partial charge is 0.266 e. The summed E-state index contributed by atoms with van der Waals surface area (Å²) in [7, 11) is -4.41. The van der Waals surface area contributed by atoms with Crippen LogP contribution >= 0.6 is 0 Å². The first-order chi connectivity index (χ1) is 28.7. The van der Waals surface area contributed by atoms with E-state index in [1.54, 1.807) is 0 Å². The van der Waals surface area contributed by atoms with Crippen molar-refractivity contribution in [2.24, 2.45) is 0 Å². The average Bonchev–Trinajstić information content (AvgIpc) is 3.21. The molecule has 0 bridgehead atoms. The van der Waals surface area contributed by atoms with Crippen LogP contribution in [0.2, 0.25) is 0 Å². The molecule has 3 atom stereocenters. The number of rotatable bonds is 49. The second kappa shape index (κ2) is 45.3. The highest BCUT2D eigenvalue weighted by molar-refractivity contribution is 7.85. The standard InChI is InChI=1S/C51H103NO6S/c1-3-5-7-9-11-13-15-17-19-21-23-25-26-28-30-32-34-36-38-40-42-44-46-50(54)51(55)52-48(47-59(56,57)58)49(53)45-43-41-39-37-35-33-31-29-27-24-22-20-18-16-14-12-10-8-6-4-2/h48-50,53-54H,3-47H2,1-2H3,(H,52,55)(H,56,57,58). The number of hydrogen-bond donors (Lipinski definition) is 4. The maximum absolute atomic E-state index is 12.7. The van der Waals surface area contributed by atoms with Gasteiger partial charge < -0.3 is 15.5 Å². The molecule has 0 aliphatic rings. The molecule has 3 unspecified atom stereocenters. The van der Waals surface area contributed by atoms with E-state index in [-0.39, 0.29) is 0 Å². The zero-order valence-corrected chi connectivity index (χ0v) is 40.3. The first kappa shape index (κ1) is 58.3. The summed E-state index contributed by atoms with van der Waals surface area (Å²) >= 11 is 0. The summed E-state index contributed by atoms with van der Waals surface area (Å²) in [5.74, 6) is -1.43. The summed E-state index contributed by atoms with van der Waals surface area (Å²) in [4.78, 5) is 12.7. The van der Waals surface area contributed by atoms with Crippen LogP contribution in [0.1, 0.15) is 296 Å². The van der Waals surface area contributed by atoms with E-state index < -0.39 is 40.0 Å². The zero-order chi connectivity index (χ0) is 43.3. The van der Waals surface area contributed by atoms with Gasteiger partial charge in [0.15, 0.2) is 0 Å². The molecule has 1 amide bonds. The third-order valence-electron chi connectivity index (χ3n) is 12.7. The van der Waals surface area contributed by atoms with Gasteiger partial charge in [0.05, 0.1) is 17.9 Å². The summed E-state index contributed by atoms with van der Waals surface area (Å²) in [6.07, 6.45) is 52.8. The molecule has 0 saturated heterocycles. The van der Waals surface area contributed by atoms with Crippen molar-refractivity contribution in [2.45, 2.75) is 315 Å². The van der Waals surface area contributed by atoms with E-state index in [1.165, 1.54) is 225 Å². The Morgan fingerprint density at radius 2 is 0.610 bits per heavy atom. The molecule has 7 nitrogen and oxygen atoms in total. The molecule has 59 heavy (non-hydrogen) atoms. The van der Waals surface area contributed by atoms with Crippen molar-refractivity contribution in [3.05, 3.63) is 0 Å². The van der Waals surface area contributed by atoms with E-state index in [9.17, 15) is 28.0 Å². The van der Waals surface area contributed by atoms with Gasteiger partial charge in [0.25, 0.3) is 10.1 Å². The van der Waals surface area contributed by atoms with Gasteiger partial charge in [-0.25, -0.2) is 0 Å². The predicted octanol–water partition coefficient (Wildman–Crippen LogP) is 15.3. The van der Waals surface area contributed by atoms with Crippen molar-refractivity contribution in [3.63, 3.8) is 0 Å². The van der Waals surface area contributed by atoms with E-state index in [4.69, 9.17) is 0 Å². The van der Waals surface area contributed by atoms with Crippen LogP contribution in [0.3, 0.4) is 0 Å². The number of carbonyl (C=O) groups excluding carboxylic acids is 1. The number of carbonyl (C=O) groups is 1. The normalized spacial score (nSPS) is 13.5. The summed E-state index contributed by atoms with van der Waals surface area (Å²) in [6, 6.07) is -1.14. The van der Waals surface area contributed by atoms with Crippen molar-refractivity contribution < 1.29 is 28.0 Å². The molecule has 0 saturated carbocycles. The zero-order valence-electron chi connectivity index (χ0n) is 39.5. The fourth-order valence-electron chi connectivity index (χ4n) is 8.64. The van der Waals surface area contributed by atoms with Gasteiger partial charge in [-0.2, -0.15) is 8.42 Å². The molecule has 0 spiro atoms. The first-order valence-corrected chi connectivity index (χ1v) is 27.9. The molecule has 0 aliphatic carbocycles. The largest absolute Gasteiger partial charge is 0.391 e. The maximum atomic E-state index is 12.7. The molecule has 8 heteroatoms. The molecule has 0 heterocycles. The van der Waals surface area contributed by atoms with E-state index in [1.807, 2.05) is 0 Å². The maximum Gasteiger partial charge on any atom is 0.266 e. The van der Waals surface area contributed by atoms with Crippen LogP contribution in [0, 0.1) is 0 Å². The van der Waals surface area contributed by atoms with E-state index in [0.29, 0.717) is 12.8 Å². The Morgan fingerprint density at radius 3 is 0.847 bits per heavy atom. The van der Waals surface area contributed by atoms with Gasteiger partial charge in [0.1, 0.15) is 6.10 Å². The molecule has 0 aromatic rings. The Bertz CT molecular complexity index is 962. The molecular formula is C51H103NO6S. The van der Waals surface area contributed by atoms with Crippen molar-refractivity contribution in [3.8, 4) is 0 Å². The van der Waals surface area contributed by atoms with Crippen LogP contribution in [0.5, 0.6) is 0 Å². The minimum Gasteiger partial charge on any atom is -0.391 e. The summed E-state index contributed by atoms with van der Waals surface area (Å²) in [6.45, 7) is 4.56. The van der Waals surface area contributed by atoms with E-state index in [0.717, 1.165) is 44.9 Å². The fraction of sp³-hybridized carbons (Fsp3) is 0.980. The Hall–Kier alpha value is -0.700. The Balaban J connectivity index is 3.79. The van der Waals surface area contributed by atoms with Crippen LogP contribution in [0.4, 0.5) is 0 Å².